The molecule has 1 aromatic heterocycles. The Labute approximate surface area is 85.4 Å². The van der Waals surface area contributed by atoms with Gasteiger partial charge in [0, 0.05) is 12.4 Å². The van der Waals surface area contributed by atoms with Gasteiger partial charge in [0.2, 0.25) is 0 Å². The molecule has 0 aromatic carbocycles. The molecule has 1 aromatic rings. The number of nitrogens with zero attached hydrogens (tertiary/aromatic N) is 2. The fourth-order valence-electron chi connectivity index (χ4n) is 1.27. The van der Waals surface area contributed by atoms with E-state index in [9.17, 15) is 5.11 Å². The summed E-state index contributed by atoms with van der Waals surface area (Å²) in [5.74, 6) is 1.23. The van der Waals surface area contributed by atoms with Gasteiger partial charge in [-0.25, -0.2) is 9.97 Å². The highest BCUT2D eigenvalue weighted by Crippen LogP contribution is 2.36. The van der Waals surface area contributed by atoms with Crippen LogP contribution in [0, 0.1) is 5.92 Å². The highest BCUT2D eigenvalue weighted by molar-refractivity contribution is 9.10. The van der Waals surface area contributed by atoms with Gasteiger partial charge in [-0.15, -0.1) is 0 Å². The van der Waals surface area contributed by atoms with E-state index in [0.29, 0.717) is 11.7 Å². The first-order valence-corrected chi connectivity index (χ1v) is 5.20. The van der Waals surface area contributed by atoms with Gasteiger partial charge in [0.25, 0.3) is 0 Å². The molecule has 3 nitrogen and oxygen atoms in total. The van der Waals surface area contributed by atoms with E-state index in [-0.39, 0.29) is 0 Å². The smallest absolute Gasteiger partial charge is 0.156 e. The number of aliphatic hydroxyl groups excluding tert-OH is 1. The Morgan fingerprint density at radius 1 is 1.46 bits per heavy atom. The standard InChI is InChI=1S/C9H11BrN2O/c10-7-4-11-9(12-5-7)8(13)3-6-1-2-6/h4-6,8,13H,1-3H2. The van der Waals surface area contributed by atoms with Crippen molar-refractivity contribution in [1.29, 1.82) is 0 Å². The number of hydrogen-bond donors (Lipinski definition) is 1. The SMILES string of the molecule is OC(CC1CC1)c1ncc(Br)cn1. The van der Waals surface area contributed by atoms with E-state index in [2.05, 4.69) is 25.9 Å². The first-order chi connectivity index (χ1) is 6.25. The van der Waals surface area contributed by atoms with Crippen LogP contribution in [0.1, 0.15) is 31.2 Å². The molecule has 0 bridgehead atoms. The lowest BCUT2D eigenvalue weighted by molar-refractivity contribution is 0.150. The zero-order chi connectivity index (χ0) is 9.26. The van der Waals surface area contributed by atoms with Crippen LogP contribution in [0.3, 0.4) is 0 Å². The molecule has 0 radical (unpaired) electrons. The van der Waals surface area contributed by atoms with Crippen molar-refractivity contribution in [1.82, 2.24) is 9.97 Å². The lowest BCUT2D eigenvalue weighted by atomic mass is 10.2. The first-order valence-electron chi connectivity index (χ1n) is 4.41. The molecule has 0 spiro atoms. The second kappa shape index (κ2) is 3.72. The van der Waals surface area contributed by atoms with E-state index in [0.717, 1.165) is 10.9 Å². The summed E-state index contributed by atoms with van der Waals surface area (Å²) in [5.41, 5.74) is 0. The molecular formula is C9H11BrN2O. The molecule has 1 N–H and O–H groups in total. The summed E-state index contributed by atoms with van der Waals surface area (Å²) in [5, 5.41) is 9.68. The summed E-state index contributed by atoms with van der Waals surface area (Å²) < 4.78 is 0.842. The Bertz CT molecular complexity index is 284. The van der Waals surface area contributed by atoms with Crippen molar-refractivity contribution in [2.45, 2.75) is 25.4 Å². The van der Waals surface area contributed by atoms with Crippen LogP contribution in [-0.4, -0.2) is 15.1 Å². The maximum absolute atomic E-state index is 9.68. The van der Waals surface area contributed by atoms with Crippen molar-refractivity contribution in [2.75, 3.05) is 0 Å². The van der Waals surface area contributed by atoms with E-state index < -0.39 is 6.10 Å². The summed E-state index contributed by atoms with van der Waals surface area (Å²) >= 11 is 3.25. The van der Waals surface area contributed by atoms with Crippen molar-refractivity contribution in [3.63, 3.8) is 0 Å². The molecule has 13 heavy (non-hydrogen) atoms. The molecule has 70 valence electrons. The van der Waals surface area contributed by atoms with Gasteiger partial charge in [-0.3, -0.25) is 0 Å². The second-order valence-electron chi connectivity index (χ2n) is 3.45. The van der Waals surface area contributed by atoms with Crippen LogP contribution in [0.4, 0.5) is 0 Å². The summed E-state index contributed by atoms with van der Waals surface area (Å²) in [6, 6.07) is 0. The van der Waals surface area contributed by atoms with Crippen LogP contribution < -0.4 is 0 Å². The van der Waals surface area contributed by atoms with Crippen LogP contribution in [0.5, 0.6) is 0 Å². The molecular weight excluding hydrogens is 232 g/mol. The minimum absolute atomic E-state index is 0.486. The van der Waals surface area contributed by atoms with Crippen LogP contribution in [0.15, 0.2) is 16.9 Å². The maximum atomic E-state index is 9.68. The Morgan fingerprint density at radius 2 is 2.08 bits per heavy atom. The second-order valence-corrected chi connectivity index (χ2v) is 4.37. The molecule has 2 rings (SSSR count). The summed E-state index contributed by atoms with van der Waals surface area (Å²) in [7, 11) is 0. The van der Waals surface area contributed by atoms with Gasteiger partial charge >= 0.3 is 0 Å². The van der Waals surface area contributed by atoms with E-state index >= 15 is 0 Å². The minimum atomic E-state index is -0.486. The third-order valence-electron chi connectivity index (χ3n) is 2.19. The number of aliphatic hydroxyl groups is 1. The van der Waals surface area contributed by atoms with Crippen molar-refractivity contribution in [3.8, 4) is 0 Å². The molecule has 4 heteroatoms. The Balaban J connectivity index is 2.01. The van der Waals surface area contributed by atoms with Gasteiger partial charge in [-0.2, -0.15) is 0 Å². The number of halogens is 1. The maximum Gasteiger partial charge on any atom is 0.156 e. The van der Waals surface area contributed by atoms with Crippen LogP contribution >= 0.6 is 15.9 Å². The molecule has 1 unspecified atom stereocenters. The molecule has 1 aliphatic carbocycles. The zero-order valence-electron chi connectivity index (χ0n) is 7.15. The van der Waals surface area contributed by atoms with Gasteiger partial charge in [0.05, 0.1) is 4.47 Å². The number of aromatic nitrogens is 2. The zero-order valence-corrected chi connectivity index (χ0v) is 8.74. The first kappa shape index (κ1) is 9.09. The van der Waals surface area contributed by atoms with Crippen molar-refractivity contribution in [3.05, 3.63) is 22.7 Å². The van der Waals surface area contributed by atoms with Crippen LogP contribution in [0.2, 0.25) is 0 Å². The monoisotopic (exact) mass is 242 g/mol. The predicted molar refractivity (Wildman–Crippen MR) is 52.0 cm³/mol. The van der Waals surface area contributed by atoms with Crippen LogP contribution in [-0.2, 0) is 0 Å². The molecule has 1 heterocycles. The fraction of sp³-hybridized carbons (Fsp3) is 0.556. The average Bonchev–Trinajstić information content (AvgIpc) is 2.89. The molecule has 0 saturated heterocycles. The lowest BCUT2D eigenvalue weighted by Crippen LogP contribution is -2.03. The molecule has 0 aliphatic heterocycles. The van der Waals surface area contributed by atoms with Crippen molar-refractivity contribution < 1.29 is 5.11 Å². The number of hydrogen-bond acceptors (Lipinski definition) is 3. The highest BCUT2D eigenvalue weighted by atomic mass is 79.9. The van der Waals surface area contributed by atoms with Gasteiger partial charge in [0.15, 0.2) is 5.82 Å². The third kappa shape index (κ3) is 2.48. The van der Waals surface area contributed by atoms with Crippen molar-refractivity contribution in [2.24, 2.45) is 5.92 Å². The topological polar surface area (TPSA) is 46.0 Å². The fourth-order valence-corrected chi connectivity index (χ4v) is 1.47. The average molecular weight is 243 g/mol. The Hall–Kier alpha value is -0.480. The summed E-state index contributed by atoms with van der Waals surface area (Å²) in [6.45, 7) is 0. The predicted octanol–water partition coefficient (Wildman–Crippen LogP) is 2.07. The summed E-state index contributed by atoms with van der Waals surface area (Å²) in [4.78, 5) is 8.10. The largest absolute Gasteiger partial charge is 0.385 e. The summed E-state index contributed by atoms with van der Waals surface area (Å²) in [6.07, 6.45) is 6.14. The highest BCUT2D eigenvalue weighted by Gasteiger charge is 2.26. The molecule has 1 atom stereocenters. The Kier molecular flexibility index (Phi) is 2.60. The van der Waals surface area contributed by atoms with E-state index in [1.165, 1.54) is 12.8 Å². The van der Waals surface area contributed by atoms with Gasteiger partial charge in [-0.1, -0.05) is 12.8 Å². The quantitative estimate of drug-likeness (QED) is 0.883. The van der Waals surface area contributed by atoms with Gasteiger partial charge < -0.3 is 5.11 Å². The van der Waals surface area contributed by atoms with E-state index in [1.54, 1.807) is 12.4 Å². The van der Waals surface area contributed by atoms with Crippen molar-refractivity contribution >= 4 is 15.9 Å². The normalized spacial score (nSPS) is 18.6. The lowest BCUT2D eigenvalue weighted by Gasteiger charge is -2.07. The Morgan fingerprint density at radius 3 is 2.62 bits per heavy atom. The molecule has 0 amide bonds. The van der Waals surface area contributed by atoms with Crippen LogP contribution in [0.25, 0.3) is 0 Å². The van der Waals surface area contributed by atoms with E-state index in [4.69, 9.17) is 0 Å². The molecule has 1 saturated carbocycles. The van der Waals surface area contributed by atoms with Gasteiger partial charge in [0.1, 0.15) is 6.10 Å². The minimum Gasteiger partial charge on any atom is -0.385 e. The molecule has 1 aliphatic rings. The number of rotatable bonds is 3. The van der Waals surface area contributed by atoms with E-state index in [1.807, 2.05) is 0 Å². The third-order valence-corrected chi connectivity index (χ3v) is 2.60. The van der Waals surface area contributed by atoms with Gasteiger partial charge in [-0.05, 0) is 28.3 Å². The molecule has 1 fully saturated rings.